The van der Waals surface area contributed by atoms with E-state index in [2.05, 4.69) is 20.7 Å². The van der Waals surface area contributed by atoms with Gasteiger partial charge in [0, 0.05) is 10.0 Å². The number of benzene rings is 1. The number of hydrogen-bond acceptors (Lipinski definition) is 2. The average molecular weight is 305 g/mol. The third-order valence-corrected chi connectivity index (χ3v) is 3.36. The minimum absolute atomic E-state index is 0.00683. The molecule has 0 heterocycles. The van der Waals surface area contributed by atoms with Crippen LogP contribution < -0.4 is 0 Å². The van der Waals surface area contributed by atoms with Gasteiger partial charge < -0.3 is 4.74 Å². The smallest absolute Gasteiger partial charge is 0.313 e. The molecule has 2 rings (SSSR count). The molecule has 0 radical (unpaired) electrons. The Bertz CT molecular complexity index is 435. The molecular formula is C12H11BrF2O2. The number of ether oxygens (including phenoxy) is 1. The van der Waals surface area contributed by atoms with Gasteiger partial charge in [-0.1, -0.05) is 15.9 Å². The van der Waals surface area contributed by atoms with Crippen LogP contribution in [-0.4, -0.2) is 13.1 Å². The summed E-state index contributed by atoms with van der Waals surface area (Å²) in [5.41, 5.74) is -0.178. The summed E-state index contributed by atoms with van der Waals surface area (Å²) in [6.07, 6.45) is 1.60. The van der Waals surface area contributed by atoms with Crippen molar-refractivity contribution in [2.24, 2.45) is 5.92 Å². The van der Waals surface area contributed by atoms with Gasteiger partial charge in [-0.3, -0.25) is 4.79 Å². The highest BCUT2D eigenvalue weighted by Crippen LogP contribution is 2.45. The van der Waals surface area contributed by atoms with E-state index in [0.29, 0.717) is 4.47 Å². The summed E-state index contributed by atoms with van der Waals surface area (Å²) < 4.78 is 32.5. The van der Waals surface area contributed by atoms with Crippen molar-refractivity contribution >= 4 is 21.9 Å². The molecule has 1 unspecified atom stereocenters. The molecule has 1 aromatic rings. The van der Waals surface area contributed by atoms with Gasteiger partial charge in [0.05, 0.1) is 13.0 Å². The van der Waals surface area contributed by atoms with Crippen LogP contribution in [0.15, 0.2) is 16.6 Å². The van der Waals surface area contributed by atoms with Crippen molar-refractivity contribution in [1.29, 1.82) is 0 Å². The molecule has 1 aromatic carbocycles. The number of methoxy groups -OCH3 is 1. The third kappa shape index (κ3) is 2.49. The molecule has 1 fully saturated rings. The largest absolute Gasteiger partial charge is 0.469 e. The Balaban J connectivity index is 2.46. The summed E-state index contributed by atoms with van der Waals surface area (Å²) in [5, 5.41) is 0. The number of carbonyl (C=O) groups excluding carboxylic acids is 1. The molecule has 0 N–H and O–H groups in total. The second-order valence-electron chi connectivity index (χ2n) is 4.12. The average Bonchev–Trinajstić information content (AvgIpc) is 3.05. The van der Waals surface area contributed by atoms with Gasteiger partial charge in [-0.15, -0.1) is 0 Å². The fraction of sp³-hybridized carbons (Fsp3) is 0.417. The van der Waals surface area contributed by atoms with E-state index < -0.39 is 23.5 Å². The first-order chi connectivity index (χ1) is 8.04. The molecule has 0 aliphatic heterocycles. The summed E-state index contributed by atoms with van der Waals surface area (Å²) in [5.74, 6) is -2.83. The van der Waals surface area contributed by atoms with Crippen molar-refractivity contribution in [1.82, 2.24) is 0 Å². The Labute approximate surface area is 106 Å². The monoisotopic (exact) mass is 304 g/mol. The fourth-order valence-corrected chi connectivity index (χ4v) is 2.35. The van der Waals surface area contributed by atoms with E-state index in [1.165, 1.54) is 7.11 Å². The van der Waals surface area contributed by atoms with E-state index in [0.717, 1.165) is 25.0 Å². The maximum absolute atomic E-state index is 13.8. The van der Waals surface area contributed by atoms with Crippen molar-refractivity contribution in [2.45, 2.75) is 18.8 Å². The van der Waals surface area contributed by atoms with E-state index in [-0.39, 0.29) is 11.5 Å². The first-order valence-electron chi connectivity index (χ1n) is 5.27. The van der Waals surface area contributed by atoms with Crippen LogP contribution >= 0.6 is 15.9 Å². The summed E-state index contributed by atoms with van der Waals surface area (Å²) in [6, 6.07) is 2.33. The second-order valence-corrected chi connectivity index (χ2v) is 5.04. The van der Waals surface area contributed by atoms with Gasteiger partial charge in [-0.2, -0.15) is 0 Å². The predicted octanol–water partition coefficient (Wildman–Crippen LogP) is 3.39. The third-order valence-electron chi connectivity index (χ3n) is 2.90. The lowest BCUT2D eigenvalue weighted by Crippen LogP contribution is -2.19. The van der Waals surface area contributed by atoms with Crippen LogP contribution in [-0.2, 0) is 9.53 Å². The molecule has 17 heavy (non-hydrogen) atoms. The first-order valence-corrected chi connectivity index (χ1v) is 6.06. The summed E-state index contributed by atoms with van der Waals surface area (Å²) in [7, 11) is 1.23. The van der Waals surface area contributed by atoms with Gasteiger partial charge in [0.15, 0.2) is 0 Å². The van der Waals surface area contributed by atoms with Crippen LogP contribution in [0.25, 0.3) is 0 Å². The van der Waals surface area contributed by atoms with Crippen LogP contribution in [0.4, 0.5) is 8.78 Å². The molecule has 2 nitrogen and oxygen atoms in total. The highest BCUT2D eigenvalue weighted by atomic mass is 79.9. The number of rotatable bonds is 3. The Kier molecular flexibility index (Phi) is 3.47. The molecule has 0 bridgehead atoms. The minimum atomic E-state index is -0.826. The topological polar surface area (TPSA) is 26.3 Å². The molecule has 0 saturated heterocycles. The molecule has 1 aliphatic carbocycles. The zero-order valence-electron chi connectivity index (χ0n) is 9.17. The molecule has 0 amide bonds. The van der Waals surface area contributed by atoms with E-state index in [1.807, 2.05) is 0 Å². The summed E-state index contributed by atoms with van der Waals surface area (Å²) in [6.45, 7) is 0. The van der Waals surface area contributed by atoms with Crippen molar-refractivity contribution in [3.8, 4) is 0 Å². The van der Waals surface area contributed by atoms with Crippen molar-refractivity contribution in [3.63, 3.8) is 0 Å². The second kappa shape index (κ2) is 4.72. The normalized spacial score (nSPS) is 16.7. The maximum Gasteiger partial charge on any atom is 0.313 e. The standard InChI is InChI=1S/C12H11BrF2O2/c1-17-12(16)10(6-2-3-6)11-8(14)4-7(13)5-9(11)15/h4-6,10H,2-3H2,1H3. The zero-order valence-corrected chi connectivity index (χ0v) is 10.8. The molecule has 1 atom stereocenters. The van der Waals surface area contributed by atoms with Crippen LogP contribution in [0, 0.1) is 17.6 Å². The van der Waals surface area contributed by atoms with Gasteiger partial charge >= 0.3 is 5.97 Å². The Morgan fingerprint density at radius 2 is 1.94 bits per heavy atom. The van der Waals surface area contributed by atoms with Crippen LogP contribution in [0.1, 0.15) is 24.3 Å². The van der Waals surface area contributed by atoms with Gasteiger partial charge in [0.2, 0.25) is 0 Å². The molecule has 5 heteroatoms. The van der Waals surface area contributed by atoms with Gasteiger partial charge in [-0.05, 0) is 30.9 Å². The van der Waals surface area contributed by atoms with Crippen LogP contribution in [0.2, 0.25) is 0 Å². The van der Waals surface area contributed by atoms with E-state index in [9.17, 15) is 13.6 Å². The van der Waals surface area contributed by atoms with Crippen molar-refractivity contribution < 1.29 is 18.3 Å². The summed E-state index contributed by atoms with van der Waals surface area (Å²) >= 11 is 3.01. The Morgan fingerprint density at radius 1 is 1.41 bits per heavy atom. The molecule has 1 aliphatic rings. The van der Waals surface area contributed by atoms with Crippen LogP contribution in [0.3, 0.4) is 0 Å². The lowest BCUT2D eigenvalue weighted by atomic mass is 9.93. The van der Waals surface area contributed by atoms with E-state index >= 15 is 0 Å². The molecule has 0 aromatic heterocycles. The quantitative estimate of drug-likeness (QED) is 0.800. The Morgan fingerprint density at radius 3 is 2.35 bits per heavy atom. The molecule has 92 valence electrons. The molecular weight excluding hydrogens is 294 g/mol. The molecule has 1 saturated carbocycles. The highest BCUT2D eigenvalue weighted by molar-refractivity contribution is 9.10. The number of carbonyl (C=O) groups is 1. The maximum atomic E-state index is 13.8. The lowest BCUT2D eigenvalue weighted by molar-refractivity contribution is -0.143. The fourth-order valence-electron chi connectivity index (χ4n) is 1.95. The predicted molar refractivity (Wildman–Crippen MR) is 61.5 cm³/mol. The minimum Gasteiger partial charge on any atom is -0.469 e. The van der Waals surface area contributed by atoms with E-state index in [4.69, 9.17) is 0 Å². The van der Waals surface area contributed by atoms with Gasteiger partial charge in [0.1, 0.15) is 11.6 Å². The van der Waals surface area contributed by atoms with Crippen molar-refractivity contribution in [2.75, 3.05) is 7.11 Å². The van der Waals surface area contributed by atoms with Crippen LogP contribution in [0.5, 0.6) is 0 Å². The Hall–Kier alpha value is -0.970. The van der Waals surface area contributed by atoms with Gasteiger partial charge in [0.25, 0.3) is 0 Å². The number of hydrogen-bond donors (Lipinski definition) is 0. The SMILES string of the molecule is COC(=O)C(c1c(F)cc(Br)cc1F)C1CC1. The van der Waals surface area contributed by atoms with Gasteiger partial charge in [-0.25, -0.2) is 8.78 Å². The summed E-state index contributed by atoms with van der Waals surface area (Å²) in [4.78, 5) is 11.6. The highest BCUT2D eigenvalue weighted by Gasteiger charge is 2.41. The number of esters is 1. The lowest BCUT2D eigenvalue weighted by Gasteiger charge is -2.16. The van der Waals surface area contributed by atoms with Crippen molar-refractivity contribution in [3.05, 3.63) is 33.8 Å². The zero-order chi connectivity index (χ0) is 12.6. The number of halogens is 3. The first kappa shape index (κ1) is 12.5. The molecule has 0 spiro atoms. The van der Waals surface area contributed by atoms with E-state index in [1.54, 1.807) is 0 Å².